The maximum atomic E-state index is 2.26. The van der Waals surface area contributed by atoms with Crippen LogP contribution >= 0.6 is 0 Å². The van der Waals surface area contributed by atoms with Gasteiger partial charge in [0, 0.05) is 9.52 Å². The molecule has 0 aliphatic heterocycles. The normalized spacial score (nSPS) is 9.13. The molecule has 0 saturated heterocycles. The summed E-state index contributed by atoms with van der Waals surface area (Å²) in [5, 5.41) is 2.69. The Morgan fingerprint density at radius 1 is 0.677 bits per heavy atom. The molecule has 0 aliphatic carbocycles. The summed E-state index contributed by atoms with van der Waals surface area (Å²) in [6.07, 6.45) is 0. The third kappa shape index (κ3) is 8.85. The van der Waals surface area contributed by atoms with E-state index in [1.807, 2.05) is 0 Å². The van der Waals surface area contributed by atoms with E-state index in [1.165, 1.54) is 49.7 Å². The molecule has 0 atom stereocenters. The van der Waals surface area contributed by atoms with Crippen LogP contribution in [0.4, 0.5) is 0 Å². The number of hydrogen-bond donors (Lipinski definition) is 0. The Morgan fingerprint density at radius 3 is 1.65 bits per heavy atom. The van der Waals surface area contributed by atoms with Crippen molar-refractivity contribution in [1.29, 1.82) is 0 Å². The average molecular weight is 547 g/mol. The Hall–Kier alpha value is -0.920. The van der Waals surface area contributed by atoms with E-state index in [4.69, 9.17) is 0 Å². The van der Waals surface area contributed by atoms with Crippen LogP contribution < -0.4 is 24.8 Å². The van der Waals surface area contributed by atoms with Gasteiger partial charge in [-0.05, 0) is 5.56 Å². The van der Waals surface area contributed by atoms with Gasteiger partial charge in [0.2, 0.25) is 0 Å². The second-order valence-corrected chi connectivity index (χ2v) is 8.47. The predicted octanol–water partition coefficient (Wildman–Crippen LogP) is 1.97. The first-order valence-electron chi connectivity index (χ1n) is 9.89. The Bertz CT molecular complexity index is 994. The van der Waals surface area contributed by atoms with Gasteiger partial charge in [0.1, 0.15) is 0 Å². The van der Waals surface area contributed by atoms with Gasteiger partial charge in [-0.2, -0.15) is 34.4 Å². The molecule has 0 spiro atoms. The van der Waals surface area contributed by atoms with Gasteiger partial charge in [0.05, 0.1) is 0 Å². The molecule has 0 saturated carbocycles. The molecule has 0 unspecified atom stereocenters. The minimum Gasteiger partial charge on any atom is -1.00 e. The zero-order valence-electron chi connectivity index (χ0n) is 19.6. The Labute approximate surface area is 223 Å². The molecule has 4 aromatic rings. The standard InChI is InChI=1S/C16H13.C9H13.C2H6Si.2ClH.Zr/c1-12-10-14-8-5-9-15(16(14)11-12)13-6-3-2-4-7-13;1-6-5-7(2)9(4)8(6)3;1-3-2;;;/h2-11H,1H3;5H,1-4H3;1-2H3;2*1H;/q2*-1;;;;+4/p-2. The van der Waals surface area contributed by atoms with Crippen LogP contribution in [0.2, 0.25) is 13.1 Å². The molecule has 0 N–H and O–H groups in total. The fourth-order valence-electron chi connectivity index (χ4n) is 3.39. The first-order chi connectivity index (χ1) is 13.4. The van der Waals surface area contributed by atoms with Crippen molar-refractivity contribution in [3.63, 3.8) is 0 Å². The second kappa shape index (κ2) is 15.8. The Kier molecular flexibility index (Phi) is 16.5. The molecule has 0 fully saturated rings. The van der Waals surface area contributed by atoms with Crippen LogP contribution in [-0.2, 0) is 26.2 Å². The van der Waals surface area contributed by atoms with E-state index in [-0.39, 0.29) is 51.0 Å². The van der Waals surface area contributed by atoms with Crippen LogP contribution in [0.15, 0.2) is 66.7 Å². The summed E-state index contributed by atoms with van der Waals surface area (Å²) in [5.74, 6) is 0. The molecule has 4 heteroatoms. The minimum absolute atomic E-state index is 0. The van der Waals surface area contributed by atoms with Crippen molar-refractivity contribution in [3.8, 4) is 11.1 Å². The van der Waals surface area contributed by atoms with Gasteiger partial charge in [0.25, 0.3) is 0 Å². The quantitative estimate of drug-likeness (QED) is 0.253. The van der Waals surface area contributed by atoms with Crippen molar-refractivity contribution in [2.75, 3.05) is 0 Å². The van der Waals surface area contributed by atoms with Crippen LogP contribution in [0.5, 0.6) is 0 Å². The number of fused-ring (bicyclic) bond motifs is 1. The molecule has 0 amide bonds. The fourth-order valence-corrected chi connectivity index (χ4v) is 3.39. The number of aryl methyl sites for hydroxylation is 3. The molecule has 0 nitrogen and oxygen atoms in total. The number of hydrogen-bond acceptors (Lipinski definition) is 0. The Morgan fingerprint density at radius 2 is 1.19 bits per heavy atom. The van der Waals surface area contributed by atoms with Crippen LogP contribution in [0.1, 0.15) is 27.8 Å². The maximum absolute atomic E-state index is 2.26. The topological polar surface area (TPSA) is 0 Å². The monoisotopic (exact) mass is 544 g/mol. The largest absolute Gasteiger partial charge is 4.00 e. The number of halogens is 2. The third-order valence-electron chi connectivity index (χ3n) is 5.16. The van der Waals surface area contributed by atoms with E-state index < -0.39 is 0 Å². The second-order valence-electron chi connectivity index (χ2n) is 7.47. The van der Waals surface area contributed by atoms with E-state index in [0.717, 1.165) is 9.52 Å². The van der Waals surface area contributed by atoms with Gasteiger partial charge in [-0.1, -0.05) is 89.7 Å². The number of benzene rings is 2. The molecule has 2 radical (unpaired) electrons. The van der Waals surface area contributed by atoms with Crippen LogP contribution in [0.3, 0.4) is 0 Å². The molecule has 4 aromatic carbocycles. The van der Waals surface area contributed by atoms with E-state index in [0.29, 0.717) is 0 Å². The summed E-state index contributed by atoms with van der Waals surface area (Å²) < 4.78 is 0. The third-order valence-corrected chi connectivity index (χ3v) is 5.16. The smallest absolute Gasteiger partial charge is 1.00 e. The summed E-state index contributed by atoms with van der Waals surface area (Å²) >= 11 is 0. The molecule has 0 heterocycles. The SMILES string of the molecule is C[Si]C.Cc1[cH-]c(C)c(C)c1C.Cc1cc2c(-c3ccccc3)cccc2[cH-]1.[Cl-].[Cl-].[Zr+4]. The van der Waals surface area contributed by atoms with Crippen molar-refractivity contribution < 1.29 is 51.0 Å². The predicted molar refractivity (Wildman–Crippen MR) is 128 cm³/mol. The summed E-state index contributed by atoms with van der Waals surface area (Å²) in [6, 6.07) is 23.8. The molecule has 31 heavy (non-hydrogen) atoms. The van der Waals surface area contributed by atoms with Gasteiger partial charge < -0.3 is 24.8 Å². The minimum atomic E-state index is 0. The molecule has 0 aliphatic rings. The van der Waals surface area contributed by atoms with E-state index in [9.17, 15) is 0 Å². The van der Waals surface area contributed by atoms with Gasteiger partial charge in [-0.15, -0.1) is 34.5 Å². The first kappa shape index (κ1) is 32.3. The van der Waals surface area contributed by atoms with Crippen molar-refractivity contribution in [2.24, 2.45) is 0 Å². The summed E-state index contributed by atoms with van der Waals surface area (Å²) in [5.41, 5.74) is 9.69. The Balaban J connectivity index is 0. The van der Waals surface area contributed by atoms with Crippen LogP contribution in [0, 0.1) is 34.6 Å². The molecule has 4 rings (SSSR count). The van der Waals surface area contributed by atoms with E-state index in [2.05, 4.69) is 114 Å². The summed E-state index contributed by atoms with van der Waals surface area (Å²) in [4.78, 5) is 0. The first-order valence-corrected chi connectivity index (χ1v) is 11.9. The van der Waals surface area contributed by atoms with Crippen LogP contribution in [-0.4, -0.2) is 9.52 Å². The summed E-state index contributed by atoms with van der Waals surface area (Å²) in [6.45, 7) is 15.1. The maximum Gasteiger partial charge on any atom is 4.00 e. The van der Waals surface area contributed by atoms with Gasteiger partial charge >= 0.3 is 26.2 Å². The summed E-state index contributed by atoms with van der Waals surface area (Å²) in [7, 11) is 1.08. The zero-order chi connectivity index (χ0) is 20.7. The van der Waals surface area contributed by atoms with Crippen molar-refractivity contribution in [3.05, 3.63) is 94.5 Å². The van der Waals surface area contributed by atoms with E-state index >= 15 is 0 Å². The molecular weight excluding hydrogens is 515 g/mol. The van der Waals surface area contributed by atoms with Gasteiger partial charge in [-0.3, -0.25) is 0 Å². The van der Waals surface area contributed by atoms with Crippen molar-refractivity contribution in [2.45, 2.75) is 47.7 Å². The molecular formula is C27H32Cl2SiZr. The molecule has 0 aromatic heterocycles. The van der Waals surface area contributed by atoms with Crippen molar-refractivity contribution >= 4 is 20.3 Å². The van der Waals surface area contributed by atoms with Crippen LogP contribution in [0.25, 0.3) is 21.9 Å². The zero-order valence-corrected chi connectivity index (χ0v) is 24.6. The molecule has 0 bridgehead atoms. The van der Waals surface area contributed by atoms with Gasteiger partial charge in [-0.25, -0.2) is 0 Å². The van der Waals surface area contributed by atoms with Crippen molar-refractivity contribution in [1.82, 2.24) is 0 Å². The van der Waals surface area contributed by atoms with E-state index in [1.54, 1.807) is 0 Å². The van der Waals surface area contributed by atoms with Gasteiger partial charge in [0.15, 0.2) is 0 Å². The fraction of sp³-hybridized carbons (Fsp3) is 0.259. The average Bonchev–Trinajstić information content (AvgIpc) is 3.17. The number of rotatable bonds is 1. The molecule has 162 valence electrons.